The minimum Gasteiger partial charge on any atom is -0.365 e. The first-order chi connectivity index (χ1) is 18.3. The second-order valence-corrected chi connectivity index (χ2v) is 13.9. The first-order valence-corrected chi connectivity index (χ1v) is 15.8. The van der Waals surface area contributed by atoms with Gasteiger partial charge in [0.25, 0.3) is 0 Å². The van der Waals surface area contributed by atoms with Gasteiger partial charge in [-0.2, -0.15) is 4.98 Å². The Hall–Kier alpha value is -2.67. The summed E-state index contributed by atoms with van der Waals surface area (Å²) in [5, 5.41) is 6.36. The van der Waals surface area contributed by atoms with E-state index in [9.17, 15) is 13.2 Å². The Balaban J connectivity index is 1.43. The molecule has 38 heavy (non-hydrogen) atoms. The minimum atomic E-state index is -3.03. The SMILES string of the molecule is CC1CCC(Cn2c(N3CCS(=O)(=O)CC3)nc3nc(C4NOC(=O)N4)nc(N[C@H](C)C4CCC4)c32)CC1. The van der Waals surface area contributed by atoms with Crippen LogP contribution >= 0.6 is 0 Å². The monoisotopic (exact) mass is 546 g/mol. The number of nitrogens with zero attached hydrogens (tertiary/aromatic N) is 5. The Morgan fingerprint density at radius 1 is 1.08 bits per heavy atom. The number of fused-ring (bicyclic) bond motifs is 1. The summed E-state index contributed by atoms with van der Waals surface area (Å²) in [6.07, 6.45) is 7.11. The summed E-state index contributed by atoms with van der Waals surface area (Å²) < 4.78 is 26.6. The van der Waals surface area contributed by atoms with Crippen molar-refractivity contribution >= 4 is 38.9 Å². The summed E-state index contributed by atoms with van der Waals surface area (Å²) in [5.74, 6) is 3.89. The second kappa shape index (κ2) is 10.1. The predicted octanol–water partition coefficient (Wildman–Crippen LogP) is 2.73. The molecule has 2 atom stereocenters. The van der Waals surface area contributed by atoms with Gasteiger partial charge in [0.15, 0.2) is 33.3 Å². The molecule has 0 aromatic carbocycles. The van der Waals surface area contributed by atoms with Gasteiger partial charge in [0.2, 0.25) is 5.95 Å². The molecule has 2 saturated heterocycles. The molecule has 2 aliphatic carbocycles. The van der Waals surface area contributed by atoms with Crippen LogP contribution < -0.4 is 21.0 Å². The molecule has 1 amide bonds. The van der Waals surface area contributed by atoms with E-state index < -0.39 is 22.1 Å². The largest absolute Gasteiger partial charge is 0.427 e. The van der Waals surface area contributed by atoms with Gasteiger partial charge in [-0.05, 0) is 50.4 Å². The molecule has 2 aliphatic heterocycles. The summed E-state index contributed by atoms with van der Waals surface area (Å²) >= 11 is 0. The van der Waals surface area contributed by atoms with Crippen molar-refractivity contribution < 1.29 is 18.0 Å². The lowest BCUT2D eigenvalue weighted by molar-refractivity contribution is 0.120. The number of amides is 1. The molecule has 0 spiro atoms. The Labute approximate surface area is 223 Å². The van der Waals surface area contributed by atoms with Crippen molar-refractivity contribution in [3.63, 3.8) is 0 Å². The smallest absolute Gasteiger partial charge is 0.365 e. The summed E-state index contributed by atoms with van der Waals surface area (Å²) in [4.78, 5) is 33.3. The number of rotatable bonds is 7. The standard InChI is InChI=1S/C25H38N8O4S/c1-15-6-8-17(9-7-15)14-33-19-20(26-16(2)18-4-3-5-18)27-22(23-30-25(34)37-31-23)28-21(19)29-24(33)32-10-12-38(35,36)13-11-32/h15-18,23,31H,3-14H2,1-2H3,(H,30,34)(H,26,27,28)/t15?,16-,17?,23?/m1/s1. The maximum atomic E-state index is 12.2. The van der Waals surface area contributed by atoms with E-state index in [1.165, 1.54) is 32.1 Å². The average Bonchev–Trinajstić information content (AvgIpc) is 3.43. The fourth-order valence-electron chi connectivity index (χ4n) is 6.05. The van der Waals surface area contributed by atoms with E-state index in [0.717, 1.165) is 36.8 Å². The zero-order chi connectivity index (χ0) is 26.4. The maximum absolute atomic E-state index is 12.2. The predicted molar refractivity (Wildman–Crippen MR) is 143 cm³/mol. The van der Waals surface area contributed by atoms with E-state index in [-0.39, 0.29) is 17.5 Å². The average molecular weight is 547 g/mol. The molecule has 2 aromatic heterocycles. The minimum absolute atomic E-state index is 0.118. The first kappa shape index (κ1) is 25.6. The Kier molecular flexibility index (Phi) is 6.83. The third-order valence-corrected chi connectivity index (χ3v) is 10.4. The van der Waals surface area contributed by atoms with Crippen LogP contribution in [0.15, 0.2) is 0 Å². The van der Waals surface area contributed by atoms with Crippen molar-refractivity contribution in [1.29, 1.82) is 0 Å². The molecule has 4 heterocycles. The number of carbonyl (C=O) groups is 1. The third kappa shape index (κ3) is 5.14. The lowest BCUT2D eigenvalue weighted by atomic mass is 9.80. The third-order valence-electron chi connectivity index (χ3n) is 8.81. The van der Waals surface area contributed by atoms with Gasteiger partial charge in [0.1, 0.15) is 5.52 Å². The number of nitrogens with one attached hydrogen (secondary N) is 3. The van der Waals surface area contributed by atoms with Gasteiger partial charge < -0.3 is 19.6 Å². The summed E-state index contributed by atoms with van der Waals surface area (Å²) in [5.41, 5.74) is 4.03. The van der Waals surface area contributed by atoms with Crippen molar-refractivity contribution in [2.75, 3.05) is 34.8 Å². The van der Waals surface area contributed by atoms with Gasteiger partial charge in [0.05, 0.1) is 11.5 Å². The van der Waals surface area contributed by atoms with Gasteiger partial charge in [-0.1, -0.05) is 26.2 Å². The van der Waals surface area contributed by atoms with Crippen LogP contribution in [0.5, 0.6) is 0 Å². The van der Waals surface area contributed by atoms with Crippen molar-refractivity contribution in [2.45, 2.75) is 77.5 Å². The van der Waals surface area contributed by atoms with Gasteiger partial charge in [-0.25, -0.2) is 23.2 Å². The van der Waals surface area contributed by atoms with Gasteiger partial charge in [0, 0.05) is 25.7 Å². The van der Waals surface area contributed by atoms with Crippen LogP contribution in [0.1, 0.15) is 70.8 Å². The van der Waals surface area contributed by atoms with Crippen molar-refractivity contribution in [3.8, 4) is 0 Å². The van der Waals surface area contributed by atoms with E-state index in [0.29, 0.717) is 42.2 Å². The second-order valence-electron chi connectivity index (χ2n) is 11.6. The van der Waals surface area contributed by atoms with Crippen LogP contribution in [-0.2, 0) is 21.2 Å². The number of sulfone groups is 1. The quantitative estimate of drug-likeness (QED) is 0.474. The Morgan fingerprint density at radius 3 is 2.45 bits per heavy atom. The molecular weight excluding hydrogens is 508 g/mol. The number of anilines is 2. The maximum Gasteiger partial charge on any atom is 0.427 e. The Bertz CT molecular complexity index is 1290. The van der Waals surface area contributed by atoms with Crippen LogP contribution in [0.3, 0.4) is 0 Å². The molecule has 4 fully saturated rings. The van der Waals surface area contributed by atoms with Gasteiger partial charge in [-0.3, -0.25) is 5.32 Å². The number of hydroxylamine groups is 1. The number of carbonyl (C=O) groups excluding carboxylic acids is 1. The fraction of sp³-hybridized carbons (Fsp3) is 0.760. The van der Waals surface area contributed by atoms with Crippen LogP contribution in [0.4, 0.5) is 16.6 Å². The number of hydrogen-bond acceptors (Lipinski definition) is 10. The van der Waals surface area contributed by atoms with E-state index in [2.05, 4.69) is 39.4 Å². The molecule has 208 valence electrons. The number of hydrogen-bond donors (Lipinski definition) is 3. The zero-order valence-electron chi connectivity index (χ0n) is 22.1. The molecule has 4 aliphatic rings. The van der Waals surface area contributed by atoms with E-state index in [1.807, 2.05) is 0 Å². The van der Waals surface area contributed by atoms with Gasteiger partial charge in [-0.15, -0.1) is 5.48 Å². The fourth-order valence-corrected chi connectivity index (χ4v) is 7.25. The van der Waals surface area contributed by atoms with E-state index >= 15 is 0 Å². The molecular formula is C25H38N8O4S. The molecule has 12 nitrogen and oxygen atoms in total. The lowest BCUT2D eigenvalue weighted by Crippen LogP contribution is -2.41. The van der Waals surface area contributed by atoms with Gasteiger partial charge >= 0.3 is 6.09 Å². The molecule has 2 aromatic rings. The highest BCUT2D eigenvalue weighted by Gasteiger charge is 2.33. The van der Waals surface area contributed by atoms with E-state index in [4.69, 9.17) is 19.8 Å². The molecule has 2 saturated carbocycles. The zero-order valence-corrected chi connectivity index (χ0v) is 23.0. The molecule has 0 radical (unpaired) electrons. The topological polar surface area (TPSA) is 143 Å². The van der Waals surface area contributed by atoms with E-state index in [1.54, 1.807) is 0 Å². The molecule has 1 unspecified atom stereocenters. The van der Waals surface area contributed by atoms with Crippen molar-refractivity contribution in [1.82, 2.24) is 30.3 Å². The van der Waals surface area contributed by atoms with Crippen molar-refractivity contribution in [3.05, 3.63) is 5.82 Å². The Morgan fingerprint density at radius 2 is 1.82 bits per heavy atom. The first-order valence-electron chi connectivity index (χ1n) is 14.0. The molecule has 13 heteroatoms. The molecule has 0 bridgehead atoms. The summed E-state index contributed by atoms with van der Waals surface area (Å²) in [7, 11) is -3.03. The highest BCUT2D eigenvalue weighted by molar-refractivity contribution is 7.91. The number of aromatic nitrogens is 4. The van der Waals surface area contributed by atoms with Crippen LogP contribution in [0.25, 0.3) is 11.2 Å². The highest BCUT2D eigenvalue weighted by Crippen LogP contribution is 2.36. The van der Waals surface area contributed by atoms with Crippen LogP contribution in [0, 0.1) is 17.8 Å². The lowest BCUT2D eigenvalue weighted by Gasteiger charge is -2.33. The summed E-state index contributed by atoms with van der Waals surface area (Å²) in [6.45, 7) is 6.11. The van der Waals surface area contributed by atoms with Crippen LogP contribution in [0.2, 0.25) is 0 Å². The normalized spacial score (nSPS) is 28.5. The summed E-state index contributed by atoms with van der Waals surface area (Å²) in [6, 6.07) is 0.222. The van der Waals surface area contributed by atoms with Crippen molar-refractivity contribution in [2.24, 2.45) is 17.8 Å². The number of imidazole rings is 1. The molecule has 6 rings (SSSR count). The highest BCUT2D eigenvalue weighted by atomic mass is 32.2. The van der Waals surface area contributed by atoms with Crippen LogP contribution in [-0.4, -0.2) is 64.7 Å². The molecule has 3 N–H and O–H groups in total.